The van der Waals surface area contributed by atoms with Crippen LogP contribution in [-0.2, 0) is 4.74 Å². The molecule has 0 aliphatic carbocycles. The molecule has 3 rings (SSSR count). The van der Waals surface area contributed by atoms with Gasteiger partial charge in [0.15, 0.2) is 5.82 Å². The summed E-state index contributed by atoms with van der Waals surface area (Å²) < 4.78 is 7.37. The topological polar surface area (TPSA) is 80.6 Å². The first kappa shape index (κ1) is 24.7. The number of aromatic nitrogens is 3. The highest BCUT2D eigenvalue weighted by molar-refractivity contribution is 5.94. The molecule has 2 aromatic rings. The van der Waals surface area contributed by atoms with Gasteiger partial charge in [0, 0.05) is 37.6 Å². The average molecular weight is 456 g/mol. The molecular weight excluding hydrogens is 418 g/mol. The van der Waals surface area contributed by atoms with E-state index in [1.807, 2.05) is 71.6 Å². The molecule has 0 aromatic carbocycles. The first-order chi connectivity index (χ1) is 15.4. The van der Waals surface area contributed by atoms with E-state index in [1.54, 1.807) is 15.8 Å². The summed E-state index contributed by atoms with van der Waals surface area (Å²) in [6.07, 6.45) is 3.21. The fourth-order valence-electron chi connectivity index (χ4n) is 4.17. The molecule has 0 bridgehead atoms. The van der Waals surface area contributed by atoms with Crippen LogP contribution in [0.3, 0.4) is 0 Å². The van der Waals surface area contributed by atoms with E-state index in [9.17, 15) is 9.59 Å². The van der Waals surface area contributed by atoms with Crippen molar-refractivity contribution in [1.82, 2.24) is 24.6 Å². The highest BCUT2D eigenvalue weighted by Gasteiger charge is 2.30. The third-order valence-electron chi connectivity index (χ3n) is 5.73. The zero-order valence-corrected chi connectivity index (χ0v) is 21.0. The fourth-order valence-corrected chi connectivity index (χ4v) is 4.17. The average Bonchev–Trinajstić information content (AvgIpc) is 3.08. The van der Waals surface area contributed by atoms with E-state index < -0.39 is 5.60 Å². The monoisotopic (exact) mass is 455 g/mol. The van der Waals surface area contributed by atoms with E-state index >= 15 is 0 Å². The van der Waals surface area contributed by atoms with Crippen LogP contribution in [0, 0.1) is 19.8 Å². The van der Waals surface area contributed by atoms with E-state index in [4.69, 9.17) is 4.74 Å². The van der Waals surface area contributed by atoms with Crippen LogP contribution < -0.4 is 0 Å². The van der Waals surface area contributed by atoms with Crippen LogP contribution in [0.2, 0.25) is 0 Å². The van der Waals surface area contributed by atoms with Gasteiger partial charge in [0.1, 0.15) is 5.60 Å². The summed E-state index contributed by atoms with van der Waals surface area (Å²) in [6.45, 7) is 15.4. The number of rotatable bonds is 5. The minimum atomic E-state index is -0.536. The van der Waals surface area contributed by atoms with Crippen LogP contribution in [0.4, 0.5) is 4.79 Å². The van der Waals surface area contributed by atoms with Crippen molar-refractivity contribution in [2.45, 2.75) is 73.0 Å². The van der Waals surface area contributed by atoms with E-state index in [-0.39, 0.29) is 24.0 Å². The van der Waals surface area contributed by atoms with Gasteiger partial charge in [-0.05, 0) is 85.4 Å². The van der Waals surface area contributed by atoms with Gasteiger partial charge in [-0.1, -0.05) is 0 Å². The van der Waals surface area contributed by atoms with Gasteiger partial charge in [-0.25, -0.2) is 14.5 Å². The number of piperidine rings is 1. The number of carbonyl (C=O) groups excluding carboxylic acids is 2. The van der Waals surface area contributed by atoms with Gasteiger partial charge in [-0.15, -0.1) is 0 Å². The molecule has 180 valence electrons. The molecular formula is C25H37N5O3. The zero-order chi connectivity index (χ0) is 24.3. The molecule has 3 heterocycles. The molecule has 8 nitrogen and oxygen atoms in total. The Hall–Kier alpha value is -2.90. The molecule has 0 spiro atoms. The number of pyridine rings is 1. The first-order valence-electron chi connectivity index (χ1n) is 11.7. The number of carbonyl (C=O) groups is 2. The summed E-state index contributed by atoms with van der Waals surface area (Å²) in [5, 5.41) is 4.45. The van der Waals surface area contributed by atoms with E-state index in [1.165, 1.54) is 0 Å². The fraction of sp³-hybridized carbons (Fsp3) is 0.600. The van der Waals surface area contributed by atoms with Crippen molar-refractivity contribution < 1.29 is 14.3 Å². The Labute approximate surface area is 196 Å². The summed E-state index contributed by atoms with van der Waals surface area (Å²) in [6, 6.07) is 5.66. The SMILES string of the molecule is Cc1cc(C)n(-c2ccc(C(=O)N3CCCC(CN(C(=O)OC(C)(C)C)C(C)C)C3)cn2)n1. The second-order valence-corrected chi connectivity index (χ2v) is 10.2. The molecule has 2 amide bonds. The number of hydrogen-bond acceptors (Lipinski definition) is 5. The largest absolute Gasteiger partial charge is 0.444 e. The first-order valence-corrected chi connectivity index (χ1v) is 11.7. The third-order valence-corrected chi connectivity index (χ3v) is 5.73. The van der Waals surface area contributed by atoms with Gasteiger partial charge in [-0.3, -0.25) is 4.79 Å². The van der Waals surface area contributed by atoms with Crippen LogP contribution in [0.5, 0.6) is 0 Å². The summed E-state index contributed by atoms with van der Waals surface area (Å²) >= 11 is 0. The van der Waals surface area contributed by atoms with E-state index in [2.05, 4.69) is 10.1 Å². The summed E-state index contributed by atoms with van der Waals surface area (Å²) in [5.74, 6) is 0.874. The van der Waals surface area contributed by atoms with Crippen molar-refractivity contribution in [3.63, 3.8) is 0 Å². The molecule has 1 aliphatic heterocycles. The number of ether oxygens (including phenoxy) is 1. The lowest BCUT2D eigenvalue weighted by Gasteiger charge is -2.37. The highest BCUT2D eigenvalue weighted by Crippen LogP contribution is 2.22. The predicted octanol–water partition coefficient (Wildman–Crippen LogP) is 4.38. The maximum atomic E-state index is 13.2. The number of amides is 2. The molecule has 1 fully saturated rings. The minimum absolute atomic E-state index is 0.0251. The van der Waals surface area contributed by atoms with Crippen LogP contribution in [-0.4, -0.2) is 67.8 Å². The summed E-state index contributed by atoms with van der Waals surface area (Å²) in [7, 11) is 0. The van der Waals surface area contributed by atoms with Crippen LogP contribution in [0.25, 0.3) is 5.82 Å². The highest BCUT2D eigenvalue weighted by atomic mass is 16.6. The molecule has 0 saturated carbocycles. The second-order valence-electron chi connectivity index (χ2n) is 10.2. The van der Waals surface area contributed by atoms with Gasteiger partial charge in [0.2, 0.25) is 0 Å². The van der Waals surface area contributed by atoms with E-state index in [0.29, 0.717) is 31.0 Å². The Morgan fingerprint density at radius 2 is 1.97 bits per heavy atom. The Bertz CT molecular complexity index is 975. The van der Waals surface area contributed by atoms with Crippen molar-refractivity contribution >= 4 is 12.0 Å². The normalized spacial score (nSPS) is 16.7. The Morgan fingerprint density at radius 1 is 1.24 bits per heavy atom. The van der Waals surface area contributed by atoms with Gasteiger partial charge in [0.05, 0.1) is 11.3 Å². The molecule has 1 unspecified atom stereocenters. The molecule has 1 saturated heterocycles. The van der Waals surface area contributed by atoms with Crippen LogP contribution in [0.1, 0.15) is 69.2 Å². The number of hydrogen-bond donors (Lipinski definition) is 0. The molecule has 1 atom stereocenters. The molecule has 0 radical (unpaired) electrons. The quantitative estimate of drug-likeness (QED) is 0.668. The van der Waals surface area contributed by atoms with Gasteiger partial charge in [-0.2, -0.15) is 5.10 Å². The van der Waals surface area contributed by atoms with Crippen molar-refractivity contribution in [3.8, 4) is 5.82 Å². The molecule has 8 heteroatoms. The van der Waals surface area contributed by atoms with Crippen molar-refractivity contribution in [3.05, 3.63) is 41.3 Å². The summed E-state index contributed by atoms with van der Waals surface area (Å²) in [5.41, 5.74) is 1.95. The maximum absolute atomic E-state index is 13.2. The standard InChI is InChI=1S/C25H37N5O3/c1-17(2)29(24(32)33-25(5,6)7)16-20-9-8-12-28(15-20)23(31)21-10-11-22(26-14-21)30-19(4)13-18(3)27-30/h10-11,13-14,17,20H,8-9,12,15-16H2,1-7H3. The second kappa shape index (κ2) is 9.93. The lowest BCUT2D eigenvalue weighted by molar-refractivity contribution is 0.0124. The van der Waals surface area contributed by atoms with Crippen LogP contribution >= 0.6 is 0 Å². The number of likely N-dealkylation sites (tertiary alicyclic amines) is 1. The number of aryl methyl sites for hydroxylation is 2. The van der Waals surface area contributed by atoms with Crippen molar-refractivity contribution in [2.24, 2.45) is 5.92 Å². The smallest absolute Gasteiger partial charge is 0.410 e. The maximum Gasteiger partial charge on any atom is 0.410 e. The summed E-state index contributed by atoms with van der Waals surface area (Å²) in [4.78, 5) is 34.0. The molecule has 2 aromatic heterocycles. The minimum Gasteiger partial charge on any atom is -0.444 e. The lowest BCUT2D eigenvalue weighted by atomic mass is 9.96. The number of nitrogens with zero attached hydrogens (tertiary/aromatic N) is 5. The lowest BCUT2D eigenvalue weighted by Crippen LogP contribution is -2.48. The molecule has 33 heavy (non-hydrogen) atoms. The third kappa shape index (κ3) is 6.33. The van der Waals surface area contributed by atoms with Gasteiger partial charge in [0.25, 0.3) is 5.91 Å². The van der Waals surface area contributed by atoms with Gasteiger partial charge >= 0.3 is 6.09 Å². The Kier molecular flexibility index (Phi) is 7.44. The Morgan fingerprint density at radius 3 is 2.52 bits per heavy atom. The van der Waals surface area contributed by atoms with Gasteiger partial charge < -0.3 is 14.5 Å². The van der Waals surface area contributed by atoms with Crippen LogP contribution in [0.15, 0.2) is 24.4 Å². The molecule has 1 aliphatic rings. The van der Waals surface area contributed by atoms with E-state index in [0.717, 1.165) is 24.2 Å². The zero-order valence-electron chi connectivity index (χ0n) is 21.0. The van der Waals surface area contributed by atoms with Crippen molar-refractivity contribution in [2.75, 3.05) is 19.6 Å². The molecule has 0 N–H and O–H groups in total. The predicted molar refractivity (Wildman–Crippen MR) is 128 cm³/mol. The van der Waals surface area contributed by atoms with Crippen molar-refractivity contribution in [1.29, 1.82) is 0 Å². The Balaban J connectivity index is 1.66.